The van der Waals surface area contributed by atoms with Gasteiger partial charge in [-0.3, -0.25) is 9.78 Å². The first-order valence-electron chi connectivity index (χ1n) is 16.7. The maximum Gasteiger partial charge on any atom is 0.309 e. The van der Waals surface area contributed by atoms with E-state index in [1.165, 1.54) is 18.0 Å². The van der Waals surface area contributed by atoms with Gasteiger partial charge < -0.3 is 14.4 Å². The number of hydrogen-bond acceptors (Lipinski definition) is 6. The number of carbonyl (C=O) groups is 1. The summed E-state index contributed by atoms with van der Waals surface area (Å²) < 4.78 is 21.9. The zero-order chi connectivity index (χ0) is 34.5. The molecule has 0 spiro atoms. The van der Waals surface area contributed by atoms with Crippen molar-refractivity contribution in [2.75, 3.05) is 0 Å². The molecule has 0 saturated carbocycles. The molecule has 48 heavy (non-hydrogen) atoms. The number of hydrogen-bond donors (Lipinski definition) is 1. The molecule has 0 amide bonds. The molecule has 5 rings (SSSR count). The first-order chi connectivity index (χ1) is 22.9. The smallest absolute Gasteiger partial charge is 0.309 e. The van der Waals surface area contributed by atoms with Crippen LogP contribution in [-0.4, -0.2) is 35.3 Å². The third-order valence-corrected chi connectivity index (χ3v) is 10.3. The average Bonchev–Trinajstić information content (AvgIpc) is 3.35. The largest absolute Gasteiger partial charge is 0.487 e. The Balaban J connectivity index is 1.56. The van der Waals surface area contributed by atoms with Gasteiger partial charge in [-0.1, -0.05) is 71.9 Å². The molecule has 0 fully saturated rings. The Hall–Kier alpha value is -4.24. The maximum absolute atomic E-state index is 13.4. The molecule has 0 radical (unpaired) electrons. The van der Waals surface area contributed by atoms with E-state index >= 15 is 0 Å². The zero-order valence-electron chi connectivity index (χ0n) is 28.7. The number of halogens is 1. The van der Waals surface area contributed by atoms with Crippen molar-refractivity contribution < 1.29 is 19.0 Å². The van der Waals surface area contributed by atoms with Crippen molar-refractivity contribution in [2.45, 2.75) is 96.4 Å². The minimum Gasteiger partial charge on any atom is -0.487 e. The van der Waals surface area contributed by atoms with Crippen molar-refractivity contribution in [3.8, 4) is 17.1 Å². The van der Waals surface area contributed by atoms with Crippen LogP contribution in [0, 0.1) is 11.2 Å². The summed E-state index contributed by atoms with van der Waals surface area (Å²) in [5.74, 6) is 0.0105. The van der Waals surface area contributed by atoms with Gasteiger partial charge in [0.1, 0.15) is 12.4 Å². The molecular formula is C39H45FN4O3S. The molecular weight excluding hydrogens is 624 g/mol. The fourth-order valence-electron chi connectivity index (χ4n) is 5.98. The van der Waals surface area contributed by atoms with Gasteiger partial charge in [-0.25, -0.2) is 14.4 Å². The monoisotopic (exact) mass is 668 g/mol. The predicted octanol–water partition coefficient (Wildman–Crippen LogP) is 9.54. The summed E-state index contributed by atoms with van der Waals surface area (Å²) in [5.41, 5.74) is 5.33. The molecule has 0 saturated heterocycles. The topological polar surface area (TPSA) is 90.1 Å². The molecule has 252 valence electrons. The average molecular weight is 669 g/mol. The summed E-state index contributed by atoms with van der Waals surface area (Å²) in [6.45, 7) is 13.6. The molecule has 1 N–H and O–H groups in total. The van der Waals surface area contributed by atoms with Crippen LogP contribution < -0.4 is 4.74 Å². The van der Waals surface area contributed by atoms with E-state index in [1.54, 1.807) is 0 Å². The van der Waals surface area contributed by atoms with Crippen LogP contribution in [0.25, 0.3) is 22.3 Å². The molecule has 0 aliphatic heterocycles. The van der Waals surface area contributed by atoms with Crippen molar-refractivity contribution in [2.24, 2.45) is 5.41 Å². The van der Waals surface area contributed by atoms with E-state index in [0.29, 0.717) is 44.7 Å². The molecule has 2 aromatic carbocycles. The number of rotatable bonds is 14. The first kappa shape index (κ1) is 35.1. The number of aliphatic carboxylic acids is 1. The number of pyridine rings is 1. The van der Waals surface area contributed by atoms with Crippen LogP contribution in [-0.2, 0) is 30.8 Å². The van der Waals surface area contributed by atoms with Crippen LogP contribution in [0.15, 0.2) is 78.1 Å². The van der Waals surface area contributed by atoms with E-state index in [2.05, 4.69) is 65.4 Å². The van der Waals surface area contributed by atoms with Crippen LogP contribution in [0.1, 0.15) is 83.3 Å². The van der Waals surface area contributed by atoms with Crippen LogP contribution in [0.4, 0.5) is 4.39 Å². The van der Waals surface area contributed by atoms with E-state index in [1.807, 2.05) is 68.2 Å². The van der Waals surface area contributed by atoms with E-state index < -0.39 is 17.2 Å². The number of benzene rings is 2. The molecule has 3 heterocycles. The lowest BCUT2D eigenvalue weighted by atomic mass is 9.78. The van der Waals surface area contributed by atoms with Gasteiger partial charge in [0, 0.05) is 44.5 Å². The van der Waals surface area contributed by atoms with Crippen molar-refractivity contribution in [3.05, 3.63) is 102 Å². The number of ether oxygens (including phenoxy) is 1. The van der Waals surface area contributed by atoms with Crippen LogP contribution in [0.3, 0.4) is 0 Å². The van der Waals surface area contributed by atoms with Gasteiger partial charge in [-0.05, 0) is 67.5 Å². The second-order valence-corrected chi connectivity index (χ2v) is 15.1. The molecule has 0 atom stereocenters. The second kappa shape index (κ2) is 14.9. The lowest BCUT2D eigenvalue weighted by molar-refractivity contribution is -0.150. The fraction of sp³-hybridized carbons (Fsp3) is 0.385. The highest BCUT2D eigenvalue weighted by Crippen LogP contribution is 2.44. The number of aryl methyl sites for hydroxylation is 1. The Kier molecular flexibility index (Phi) is 10.9. The van der Waals surface area contributed by atoms with E-state index in [0.717, 1.165) is 50.5 Å². The van der Waals surface area contributed by atoms with Crippen molar-refractivity contribution in [3.63, 3.8) is 0 Å². The van der Waals surface area contributed by atoms with E-state index in [-0.39, 0.29) is 4.75 Å². The molecule has 9 heteroatoms. The summed E-state index contributed by atoms with van der Waals surface area (Å²) in [5, 5.41) is 11.4. The number of carboxylic acid groups (broad SMARTS) is 1. The molecule has 7 nitrogen and oxygen atoms in total. The van der Waals surface area contributed by atoms with Gasteiger partial charge in [-0.15, -0.1) is 11.8 Å². The highest BCUT2D eigenvalue weighted by molar-refractivity contribution is 8.00. The number of carboxylic acids is 1. The third kappa shape index (κ3) is 8.06. The minimum atomic E-state index is -0.795. The summed E-state index contributed by atoms with van der Waals surface area (Å²) in [4.78, 5) is 26.5. The molecule has 0 bridgehead atoms. The number of fused-ring (bicyclic) bond motifs is 1. The summed E-state index contributed by atoms with van der Waals surface area (Å²) in [7, 11) is 0. The lowest BCUT2D eigenvalue weighted by Crippen LogP contribution is -2.30. The number of aromatic nitrogens is 4. The number of nitrogens with zero attached hydrogens (tertiary/aromatic N) is 4. The van der Waals surface area contributed by atoms with E-state index in [4.69, 9.17) is 4.74 Å². The Labute approximate surface area is 287 Å². The quantitative estimate of drug-likeness (QED) is 0.118. The van der Waals surface area contributed by atoms with Crippen molar-refractivity contribution in [1.82, 2.24) is 19.5 Å². The highest BCUT2D eigenvalue weighted by atomic mass is 32.2. The molecule has 0 aliphatic carbocycles. The minimum absolute atomic E-state index is 0.0914. The summed E-state index contributed by atoms with van der Waals surface area (Å²) in [6.07, 6.45) is 7.47. The van der Waals surface area contributed by atoms with Gasteiger partial charge >= 0.3 is 5.97 Å². The number of thioether (sulfide) groups is 1. The molecule has 0 unspecified atom stereocenters. The Morgan fingerprint density at radius 3 is 2.19 bits per heavy atom. The van der Waals surface area contributed by atoms with Gasteiger partial charge in [-0.2, -0.15) is 0 Å². The molecule has 5 aromatic rings. The Morgan fingerprint density at radius 2 is 1.60 bits per heavy atom. The van der Waals surface area contributed by atoms with Gasteiger partial charge in [0.15, 0.2) is 11.6 Å². The normalized spacial score (nSPS) is 12.1. The van der Waals surface area contributed by atoms with Crippen LogP contribution >= 0.6 is 11.8 Å². The SMILES string of the molecule is CCc1ccc(COc2ccc3c(c2)c(SC(C)(C)C)c(CCC(CC)(CC)C(=O)O)n3Cc2ccc(-c3ncc(F)cn3)cc2)nc1. The summed E-state index contributed by atoms with van der Waals surface area (Å²) >= 11 is 1.81. The highest BCUT2D eigenvalue weighted by Gasteiger charge is 2.35. The van der Waals surface area contributed by atoms with Crippen molar-refractivity contribution >= 4 is 28.6 Å². The Morgan fingerprint density at radius 1 is 0.917 bits per heavy atom. The molecule has 3 aromatic heterocycles. The second-order valence-electron chi connectivity index (χ2n) is 13.3. The van der Waals surface area contributed by atoms with Gasteiger partial charge in [0.25, 0.3) is 0 Å². The predicted molar refractivity (Wildman–Crippen MR) is 191 cm³/mol. The maximum atomic E-state index is 13.4. The molecule has 0 aliphatic rings. The fourth-order valence-corrected chi connectivity index (χ4v) is 7.19. The summed E-state index contributed by atoms with van der Waals surface area (Å²) in [6, 6.07) is 18.3. The van der Waals surface area contributed by atoms with Crippen molar-refractivity contribution in [1.29, 1.82) is 0 Å². The zero-order valence-corrected chi connectivity index (χ0v) is 29.5. The first-order valence-corrected chi connectivity index (χ1v) is 17.5. The van der Waals surface area contributed by atoms with Crippen LogP contribution in [0.2, 0.25) is 0 Å². The van der Waals surface area contributed by atoms with Crippen LogP contribution in [0.5, 0.6) is 5.75 Å². The standard InChI is InChI=1S/C39H45FN4O3S/c1-7-26-12-15-30(41-21-26)25-47-31-16-17-33-32(20-31)35(48-38(4,5)6)34(18-19-39(8-2,9-3)37(45)46)44(33)24-27-10-13-28(14-11-27)36-42-22-29(40)23-43-36/h10-17,20-23H,7-9,18-19,24-25H2,1-6H3,(H,45,46). The third-order valence-electron chi connectivity index (χ3n) is 9.00. The Bertz CT molecular complexity index is 1840. The van der Waals surface area contributed by atoms with Gasteiger partial charge in [0.2, 0.25) is 0 Å². The van der Waals surface area contributed by atoms with E-state index in [9.17, 15) is 14.3 Å². The van der Waals surface area contributed by atoms with Gasteiger partial charge in [0.05, 0.1) is 23.5 Å². The lowest BCUT2D eigenvalue weighted by Gasteiger charge is -2.27.